The van der Waals surface area contributed by atoms with E-state index in [1.807, 2.05) is 33.8 Å². The van der Waals surface area contributed by atoms with E-state index in [2.05, 4.69) is 6.08 Å². The smallest absolute Gasteiger partial charge is 0.339 e. The Morgan fingerprint density at radius 3 is 2.40 bits per heavy atom. The summed E-state index contributed by atoms with van der Waals surface area (Å²) >= 11 is 0. The van der Waals surface area contributed by atoms with Gasteiger partial charge in [-0.15, -0.1) is 0 Å². The second-order valence-electron chi connectivity index (χ2n) is 9.21. The summed E-state index contributed by atoms with van der Waals surface area (Å²) in [5.41, 5.74) is 2.61. The number of aliphatic hydroxyl groups is 4. The first-order valence-corrected chi connectivity index (χ1v) is 11.9. The van der Waals surface area contributed by atoms with Crippen LogP contribution in [0.15, 0.2) is 29.4 Å². The van der Waals surface area contributed by atoms with Crippen LogP contribution >= 0.6 is 0 Å². The molecule has 0 bridgehead atoms. The van der Waals surface area contributed by atoms with E-state index in [0.717, 1.165) is 18.4 Å². The number of carboxylic acids is 1. The summed E-state index contributed by atoms with van der Waals surface area (Å²) in [6, 6.07) is 1.51. The topological polar surface area (TPSA) is 157 Å². The van der Waals surface area contributed by atoms with Gasteiger partial charge in [0, 0.05) is 5.56 Å². The minimum absolute atomic E-state index is 0.114. The van der Waals surface area contributed by atoms with Crippen molar-refractivity contribution in [2.24, 2.45) is 5.92 Å². The fraction of sp³-hybridized carbons (Fsp3) is 0.577. The molecule has 1 aromatic rings. The maximum absolute atomic E-state index is 12.0. The van der Waals surface area contributed by atoms with Gasteiger partial charge in [0.05, 0.1) is 18.6 Å². The second kappa shape index (κ2) is 13.0. The average Bonchev–Trinajstić information content (AvgIpc) is 2.77. The van der Waals surface area contributed by atoms with Gasteiger partial charge in [0.2, 0.25) is 6.29 Å². The first kappa shape index (κ1) is 28.8. The lowest BCUT2D eigenvalue weighted by atomic mass is 9.93. The molecule has 5 atom stereocenters. The van der Waals surface area contributed by atoms with Gasteiger partial charge in [-0.05, 0) is 58.1 Å². The van der Waals surface area contributed by atoms with E-state index in [1.165, 1.54) is 11.6 Å². The van der Waals surface area contributed by atoms with Crippen molar-refractivity contribution in [2.75, 3.05) is 6.61 Å². The van der Waals surface area contributed by atoms with E-state index in [9.17, 15) is 35.4 Å². The van der Waals surface area contributed by atoms with Gasteiger partial charge in [-0.1, -0.05) is 36.6 Å². The summed E-state index contributed by atoms with van der Waals surface area (Å²) in [6.07, 6.45) is 0.536. The zero-order valence-corrected chi connectivity index (χ0v) is 20.8. The van der Waals surface area contributed by atoms with Gasteiger partial charge in [-0.3, -0.25) is 0 Å². The average molecular weight is 495 g/mol. The molecule has 0 radical (unpaired) electrons. The van der Waals surface area contributed by atoms with Gasteiger partial charge in [0.25, 0.3) is 0 Å². The Morgan fingerprint density at radius 2 is 1.83 bits per heavy atom. The lowest BCUT2D eigenvalue weighted by Gasteiger charge is -2.40. The molecule has 196 valence electrons. The molecule has 0 amide bonds. The number of aliphatic hydroxyl groups excluding tert-OH is 4. The Labute approximate surface area is 205 Å². The standard InChI is InChI=1S/C26H38O9/c1-5-7-16-12-19(34-26-18(13-27)22(29)23(30)25(33)35-26)17(21(28)20(16)24(31)32)11-10-15(4)9-6-8-14(2)3/h8,10,12,18,22-23,25-30,33H,5-7,9,11,13H2,1-4H3,(H,31,32)/b15-10+/t18-,22-,23+,25+,26?/m1/s1. The Hall–Kier alpha value is -2.43. The molecule has 9 nitrogen and oxygen atoms in total. The third-order valence-electron chi connectivity index (χ3n) is 6.08. The lowest BCUT2D eigenvalue weighted by Crippen LogP contribution is -2.57. The largest absolute Gasteiger partial charge is 0.507 e. The van der Waals surface area contributed by atoms with Crippen LogP contribution in [0.3, 0.4) is 0 Å². The number of rotatable bonds is 11. The summed E-state index contributed by atoms with van der Waals surface area (Å²) in [5.74, 6) is -2.66. The molecule has 1 fully saturated rings. The van der Waals surface area contributed by atoms with Gasteiger partial charge in [0.15, 0.2) is 6.29 Å². The molecule has 1 aliphatic rings. The number of hydrogen-bond acceptors (Lipinski definition) is 8. The first-order valence-electron chi connectivity index (χ1n) is 11.9. The molecule has 0 spiro atoms. The number of ether oxygens (including phenoxy) is 2. The van der Waals surface area contributed by atoms with Crippen LogP contribution in [0.5, 0.6) is 11.5 Å². The molecule has 1 saturated heterocycles. The molecule has 0 saturated carbocycles. The number of hydrogen-bond donors (Lipinski definition) is 6. The molecule has 0 aromatic heterocycles. The van der Waals surface area contributed by atoms with Crippen LogP contribution in [0.2, 0.25) is 0 Å². The highest BCUT2D eigenvalue weighted by Crippen LogP contribution is 2.38. The van der Waals surface area contributed by atoms with E-state index in [1.54, 1.807) is 0 Å². The highest BCUT2D eigenvalue weighted by atomic mass is 16.7. The van der Waals surface area contributed by atoms with Crippen molar-refractivity contribution >= 4 is 5.97 Å². The number of allylic oxidation sites excluding steroid dienone is 4. The Bertz CT molecular complexity index is 933. The van der Waals surface area contributed by atoms with Crippen molar-refractivity contribution in [3.63, 3.8) is 0 Å². The maximum atomic E-state index is 12.0. The molecule has 9 heteroatoms. The molecule has 2 rings (SSSR count). The molecule has 1 heterocycles. The minimum Gasteiger partial charge on any atom is -0.507 e. The highest BCUT2D eigenvalue weighted by Gasteiger charge is 2.45. The van der Waals surface area contributed by atoms with Crippen molar-refractivity contribution in [3.05, 3.63) is 46.1 Å². The summed E-state index contributed by atoms with van der Waals surface area (Å²) in [4.78, 5) is 12.0. The quantitative estimate of drug-likeness (QED) is 0.254. The molecule has 1 unspecified atom stereocenters. The van der Waals surface area contributed by atoms with Crippen LogP contribution < -0.4 is 4.74 Å². The molecular formula is C26H38O9. The van der Waals surface area contributed by atoms with Crippen LogP contribution in [-0.4, -0.2) is 68.0 Å². The number of aryl methyl sites for hydroxylation is 1. The van der Waals surface area contributed by atoms with E-state index in [-0.39, 0.29) is 23.3 Å². The molecule has 6 N–H and O–H groups in total. The van der Waals surface area contributed by atoms with Crippen molar-refractivity contribution < 1.29 is 44.9 Å². The highest BCUT2D eigenvalue weighted by molar-refractivity contribution is 5.93. The fourth-order valence-electron chi connectivity index (χ4n) is 4.05. The summed E-state index contributed by atoms with van der Waals surface area (Å²) in [6.45, 7) is 7.25. The van der Waals surface area contributed by atoms with Gasteiger partial charge >= 0.3 is 5.97 Å². The zero-order chi connectivity index (χ0) is 26.3. The maximum Gasteiger partial charge on any atom is 0.339 e. The molecule has 1 aliphatic heterocycles. The third-order valence-corrected chi connectivity index (χ3v) is 6.08. The first-order chi connectivity index (χ1) is 16.5. The number of carbonyl (C=O) groups is 1. The Balaban J connectivity index is 2.49. The van der Waals surface area contributed by atoms with Crippen LogP contribution in [0.25, 0.3) is 0 Å². The van der Waals surface area contributed by atoms with Crippen molar-refractivity contribution in [1.29, 1.82) is 0 Å². The van der Waals surface area contributed by atoms with E-state index in [4.69, 9.17) is 9.47 Å². The Morgan fingerprint density at radius 1 is 1.14 bits per heavy atom. The van der Waals surface area contributed by atoms with Gasteiger partial charge in [-0.25, -0.2) is 4.79 Å². The van der Waals surface area contributed by atoms with Crippen molar-refractivity contribution in [3.8, 4) is 11.5 Å². The van der Waals surface area contributed by atoms with Crippen LogP contribution in [-0.2, 0) is 17.6 Å². The summed E-state index contributed by atoms with van der Waals surface area (Å²) < 4.78 is 11.2. The molecule has 35 heavy (non-hydrogen) atoms. The second-order valence-corrected chi connectivity index (χ2v) is 9.21. The third kappa shape index (κ3) is 7.28. The van der Waals surface area contributed by atoms with Gasteiger partial charge < -0.3 is 40.1 Å². The van der Waals surface area contributed by atoms with Crippen molar-refractivity contribution in [1.82, 2.24) is 0 Å². The van der Waals surface area contributed by atoms with Crippen LogP contribution in [0.4, 0.5) is 0 Å². The molecule has 1 aromatic carbocycles. The van der Waals surface area contributed by atoms with Crippen LogP contribution in [0, 0.1) is 5.92 Å². The predicted octanol–water partition coefficient (Wildman–Crippen LogP) is 2.66. The summed E-state index contributed by atoms with van der Waals surface area (Å²) in [7, 11) is 0. The van der Waals surface area contributed by atoms with Crippen LogP contribution in [0.1, 0.15) is 68.4 Å². The van der Waals surface area contributed by atoms with E-state index in [0.29, 0.717) is 18.4 Å². The number of carboxylic acid groups (broad SMARTS) is 1. The molecular weight excluding hydrogens is 456 g/mol. The fourth-order valence-corrected chi connectivity index (χ4v) is 4.05. The predicted molar refractivity (Wildman–Crippen MR) is 129 cm³/mol. The van der Waals surface area contributed by atoms with E-state index < -0.39 is 49.0 Å². The van der Waals surface area contributed by atoms with Gasteiger partial charge in [0.1, 0.15) is 23.2 Å². The van der Waals surface area contributed by atoms with Crippen molar-refractivity contribution in [2.45, 2.75) is 84.6 Å². The summed E-state index contributed by atoms with van der Waals surface area (Å²) in [5, 5.41) is 60.6. The monoisotopic (exact) mass is 494 g/mol. The number of aromatic hydroxyl groups is 1. The SMILES string of the molecule is CCCc1cc(OC2O[C@H](O)[C@@H](O)[C@H](O)[C@H]2CO)c(C/C=C(\C)CCC=C(C)C)c(O)c1C(=O)O. The minimum atomic E-state index is -1.75. The van der Waals surface area contributed by atoms with E-state index >= 15 is 0 Å². The number of benzene rings is 1. The normalized spacial score (nSPS) is 24.8. The van der Waals surface area contributed by atoms with Gasteiger partial charge in [-0.2, -0.15) is 0 Å². The zero-order valence-electron chi connectivity index (χ0n) is 20.8. The Kier molecular flexibility index (Phi) is 10.7. The number of phenols is 1. The lowest BCUT2D eigenvalue weighted by molar-refractivity contribution is -0.312. The number of aromatic carboxylic acids is 1. The molecule has 0 aliphatic carbocycles.